The molecule has 0 bridgehead atoms. The molecule has 2 aromatic heterocycles. The Morgan fingerprint density at radius 1 is 1.24 bits per heavy atom. The van der Waals surface area contributed by atoms with Crippen LogP contribution in [0.5, 0.6) is 0 Å². The molecule has 0 aliphatic heterocycles. The van der Waals surface area contributed by atoms with Crippen LogP contribution in [0.25, 0.3) is 0 Å². The molecule has 0 spiro atoms. The number of thiophene rings is 1. The molecule has 21 heavy (non-hydrogen) atoms. The smallest absolute Gasteiger partial charge is 0.215 e. The van der Waals surface area contributed by atoms with E-state index in [1.807, 2.05) is 35.2 Å². The molecule has 4 nitrogen and oxygen atoms in total. The molecule has 0 aliphatic rings. The van der Waals surface area contributed by atoms with Crippen LogP contribution in [0.2, 0.25) is 0 Å². The molecular formula is C15H14N2O2S2. The summed E-state index contributed by atoms with van der Waals surface area (Å²) in [6, 6.07) is 8.72. The normalized spacial score (nSPS) is 11.7. The molecule has 2 heterocycles. The molecule has 0 saturated carbocycles. The van der Waals surface area contributed by atoms with E-state index in [1.54, 1.807) is 30.7 Å². The van der Waals surface area contributed by atoms with Crippen molar-refractivity contribution in [2.24, 2.45) is 0 Å². The maximum atomic E-state index is 12.5. The van der Waals surface area contributed by atoms with Crippen LogP contribution in [-0.4, -0.2) is 18.0 Å². The maximum absolute atomic E-state index is 12.5. The molecule has 1 aromatic carbocycles. The van der Waals surface area contributed by atoms with Crippen molar-refractivity contribution in [1.82, 2.24) is 9.55 Å². The van der Waals surface area contributed by atoms with Gasteiger partial charge in [0.2, 0.25) is 9.84 Å². The van der Waals surface area contributed by atoms with Gasteiger partial charge in [-0.3, -0.25) is 0 Å². The fraction of sp³-hybridized carbons (Fsp3) is 0.133. The summed E-state index contributed by atoms with van der Waals surface area (Å²) >= 11 is 1.26. The highest BCUT2D eigenvalue weighted by atomic mass is 32.2. The first-order valence-electron chi connectivity index (χ1n) is 6.40. The van der Waals surface area contributed by atoms with E-state index >= 15 is 0 Å². The summed E-state index contributed by atoms with van der Waals surface area (Å²) in [5, 5.41) is 1.85. The Labute approximate surface area is 127 Å². The monoisotopic (exact) mass is 318 g/mol. The fourth-order valence-electron chi connectivity index (χ4n) is 2.03. The molecule has 0 atom stereocenters. The first-order chi connectivity index (χ1) is 10.1. The first-order valence-corrected chi connectivity index (χ1v) is 8.77. The van der Waals surface area contributed by atoms with Gasteiger partial charge in [0.05, 0.1) is 11.2 Å². The summed E-state index contributed by atoms with van der Waals surface area (Å²) < 4.78 is 27.3. The average molecular weight is 318 g/mol. The van der Waals surface area contributed by atoms with Crippen LogP contribution in [0, 0.1) is 6.92 Å². The summed E-state index contributed by atoms with van der Waals surface area (Å²) in [5.74, 6) is 0. The first kappa shape index (κ1) is 14.0. The molecule has 0 N–H and O–H groups in total. The van der Waals surface area contributed by atoms with E-state index in [-0.39, 0.29) is 0 Å². The number of hydrogen-bond acceptors (Lipinski definition) is 4. The Kier molecular flexibility index (Phi) is 3.65. The SMILES string of the molecule is Cc1csc(S(=O)(=O)c2ccc(Cn3ccnc3)cc2)c1. The van der Waals surface area contributed by atoms with E-state index in [2.05, 4.69) is 4.98 Å². The molecule has 108 valence electrons. The predicted octanol–water partition coefficient (Wildman–Crippen LogP) is 3.13. The summed E-state index contributed by atoms with van der Waals surface area (Å²) in [5.41, 5.74) is 2.00. The Balaban J connectivity index is 1.87. The van der Waals surface area contributed by atoms with Gasteiger partial charge >= 0.3 is 0 Å². The molecule has 0 unspecified atom stereocenters. The minimum absolute atomic E-state index is 0.332. The number of sulfone groups is 1. The van der Waals surface area contributed by atoms with Gasteiger partial charge in [0.1, 0.15) is 4.21 Å². The Hall–Kier alpha value is -1.92. The standard InChI is InChI=1S/C15H14N2O2S2/c1-12-8-15(20-10-12)21(18,19)14-4-2-13(3-5-14)9-17-7-6-16-11-17/h2-8,10-11H,9H2,1H3. The van der Waals surface area contributed by atoms with Crippen molar-refractivity contribution in [2.75, 3.05) is 0 Å². The van der Waals surface area contributed by atoms with Gasteiger partial charge in [0, 0.05) is 18.9 Å². The van der Waals surface area contributed by atoms with Crippen LogP contribution >= 0.6 is 11.3 Å². The van der Waals surface area contributed by atoms with E-state index in [0.29, 0.717) is 15.6 Å². The van der Waals surface area contributed by atoms with E-state index in [0.717, 1.165) is 11.1 Å². The lowest BCUT2D eigenvalue weighted by molar-refractivity contribution is 0.598. The number of rotatable bonds is 4. The topological polar surface area (TPSA) is 52.0 Å². The maximum Gasteiger partial charge on any atom is 0.215 e. The quantitative estimate of drug-likeness (QED) is 0.742. The number of imidazole rings is 1. The molecule has 0 fully saturated rings. The second-order valence-corrected chi connectivity index (χ2v) is 7.91. The third-order valence-corrected chi connectivity index (χ3v) is 6.46. The third-order valence-electron chi connectivity index (χ3n) is 3.13. The van der Waals surface area contributed by atoms with Gasteiger partial charge in [-0.1, -0.05) is 12.1 Å². The molecule has 0 aliphatic carbocycles. The second-order valence-electron chi connectivity index (χ2n) is 4.83. The molecule has 3 aromatic rings. The summed E-state index contributed by atoms with van der Waals surface area (Å²) in [4.78, 5) is 4.32. The lowest BCUT2D eigenvalue weighted by Crippen LogP contribution is -2.01. The second kappa shape index (κ2) is 5.46. The zero-order chi connectivity index (χ0) is 14.9. The summed E-state index contributed by atoms with van der Waals surface area (Å²) in [6.45, 7) is 2.57. The van der Waals surface area contributed by atoms with E-state index < -0.39 is 9.84 Å². The van der Waals surface area contributed by atoms with Crippen molar-refractivity contribution >= 4 is 21.2 Å². The van der Waals surface area contributed by atoms with Crippen LogP contribution in [0.1, 0.15) is 11.1 Å². The number of nitrogens with zero attached hydrogens (tertiary/aromatic N) is 2. The van der Waals surface area contributed by atoms with Crippen molar-refractivity contribution in [3.05, 3.63) is 65.6 Å². The van der Waals surface area contributed by atoms with Crippen LogP contribution in [-0.2, 0) is 16.4 Å². The molecule has 0 radical (unpaired) electrons. The van der Waals surface area contributed by atoms with Crippen molar-refractivity contribution in [3.63, 3.8) is 0 Å². The van der Waals surface area contributed by atoms with E-state index in [9.17, 15) is 8.42 Å². The van der Waals surface area contributed by atoms with Crippen molar-refractivity contribution < 1.29 is 8.42 Å². The van der Waals surface area contributed by atoms with Gasteiger partial charge in [0.15, 0.2) is 0 Å². The fourth-order valence-corrected chi connectivity index (χ4v) is 4.66. The number of aryl methyl sites for hydroxylation is 1. The number of benzene rings is 1. The lowest BCUT2D eigenvalue weighted by atomic mass is 10.2. The third kappa shape index (κ3) is 2.91. The molecule has 6 heteroatoms. The van der Waals surface area contributed by atoms with E-state index in [1.165, 1.54) is 11.3 Å². The van der Waals surface area contributed by atoms with Crippen LogP contribution in [0.3, 0.4) is 0 Å². The Bertz CT molecular complexity index is 832. The van der Waals surface area contributed by atoms with Gasteiger partial charge in [-0.2, -0.15) is 0 Å². The highest BCUT2D eigenvalue weighted by molar-refractivity contribution is 7.93. The highest BCUT2D eigenvalue weighted by Gasteiger charge is 2.19. The largest absolute Gasteiger partial charge is 0.333 e. The number of aromatic nitrogens is 2. The predicted molar refractivity (Wildman–Crippen MR) is 82.3 cm³/mol. The van der Waals surface area contributed by atoms with Gasteiger partial charge in [-0.05, 0) is 41.6 Å². The van der Waals surface area contributed by atoms with Crippen molar-refractivity contribution in [2.45, 2.75) is 22.6 Å². The average Bonchev–Trinajstić information content (AvgIpc) is 3.11. The molecule has 0 saturated heterocycles. The highest BCUT2D eigenvalue weighted by Crippen LogP contribution is 2.26. The minimum atomic E-state index is -3.40. The van der Waals surface area contributed by atoms with Gasteiger partial charge < -0.3 is 4.57 Å². The van der Waals surface area contributed by atoms with Gasteiger partial charge in [-0.25, -0.2) is 13.4 Å². The van der Waals surface area contributed by atoms with E-state index in [4.69, 9.17) is 0 Å². The van der Waals surface area contributed by atoms with Crippen LogP contribution in [0.15, 0.2) is 63.5 Å². The summed E-state index contributed by atoms with van der Waals surface area (Å²) in [7, 11) is -3.40. The molecule has 0 amide bonds. The zero-order valence-corrected chi connectivity index (χ0v) is 13.1. The minimum Gasteiger partial charge on any atom is -0.333 e. The van der Waals surface area contributed by atoms with Crippen LogP contribution in [0.4, 0.5) is 0 Å². The molecule has 3 rings (SSSR count). The molecular weight excluding hydrogens is 304 g/mol. The van der Waals surface area contributed by atoms with Crippen molar-refractivity contribution in [3.8, 4) is 0 Å². The number of hydrogen-bond donors (Lipinski definition) is 0. The lowest BCUT2D eigenvalue weighted by Gasteiger charge is -2.05. The van der Waals surface area contributed by atoms with Gasteiger partial charge in [0.25, 0.3) is 0 Å². The summed E-state index contributed by atoms with van der Waals surface area (Å²) in [6.07, 6.45) is 5.33. The van der Waals surface area contributed by atoms with Crippen molar-refractivity contribution in [1.29, 1.82) is 0 Å². The zero-order valence-electron chi connectivity index (χ0n) is 11.4. The van der Waals surface area contributed by atoms with Crippen LogP contribution < -0.4 is 0 Å². The Morgan fingerprint density at radius 3 is 2.57 bits per heavy atom. The Morgan fingerprint density at radius 2 is 2.00 bits per heavy atom. The van der Waals surface area contributed by atoms with Gasteiger partial charge in [-0.15, -0.1) is 11.3 Å².